The number of halogens is 2. The van der Waals surface area contributed by atoms with Crippen molar-refractivity contribution in [1.29, 1.82) is 0 Å². The largest absolute Gasteiger partial charge is 0.390 e. The molecule has 1 aromatic heterocycles. The van der Waals surface area contributed by atoms with E-state index >= 15 is 0 Å². The van der Waals surface area contributed by atoms with Crippen molar-refractivity contribution >= 4 is 28.2 Å². The number of amides is 1. The van der Waals surface area contributed by atoms with Gasteiger partial charge in [0.25, 0.3) is 11.8 Å². The fourth-order valence-electron chi connectivity index (χ4n) is 1.21. The number of nitrogen functional groups attached to an aromatic ring is 1. The van der Waals surface area contributed by atoms with Crippen LogP contribution in [0.25, 0.3) is 0 Å². The van der Waals surface area contributed by atoms with Crippen LogP contribution >= 0.6 is 11.3 Å². The van der Waals surface area contributed by atoms with E-state index in [0.717, 1.165) is 11.3 Å². The highest BCUT2D eigenvalue weighted by Gasteiger charge is 2.29. The number of nitrogens with two attached hydrogens (primary N) is 1. The summed E-state index contributed by atoms with van der Waals surface area (Å²) >= 11 is 1.00. The van der Waals surface area contributed by atoms with Gasteiger partial charge in [-0.05, 0) is 5.92 Å². The number of rotatable bonds is 7. The molecule has 6 nitrogen and oxygen atoms in total. The average Bonchev–Trinajstić information content (AvgIpc) is 2.75. The monoisotopic (exact) mass is 308 g/mol. The Kier molecular flexibility index (Phi) is 5.63. The van der Waals surface area contributed by atoms with E-state index in [4.69, 9.17) is 10.8 Å². The molecule has 0 spiro atoms. The number of anilines is 2. The summed E-state index contributed by atoms with van der Waals surface area (Å²) in [7, 11) is 0. The topological polar surface area (TPSA) is 100 Å². The Morgan fingerprint density at radius 3 is 2.75 bits per heavy atom. The van der Waals surface area contributed by atoms with Gasteiger partial charge in [-0.15, -0.1) is 0 Å². The lowest BCUT2D eigenvalue weighted by Gasteiger charge is -2.13. The number of hydrogen-bond acceptors (Lipinski definition) is 6. The number of carbonyl (C=O) groups is 1. The van der Waals surface area contributed by atoms with Gasteiger partial charge in [-0.3, -0.25) is 4.79 Å². The first kappa shape index (κ1) is 16.6. The molecule has 9 heteroatoms. The predicted octanol–water partition coefficient (Wildman–Crippen LogP) is 1.15. The minimum Gasteiger partial charge on any atom is -0.390 e. The maximum atomic E-state index is 12.8. The molecule has 0 bridgehead atoms. The van der Waals surface area contributed by atoms with Gasteiger partial charge < -0.3 is 21.5 Å². The fourth-order valence-corrected chi connectivity index (χ4v) is 2.02. The van der Waals surface area contributed by atoms with Gasteiger partial charge in [0.15, 0.2) is 5.13 Å². The predicted molar refractivity (Wildman–Crippen MR) is 74.2 cm³/mol. The van der Waals surface area contributed by atoms with Crippen LogP contribution in [-0.2, 0) is 0 Å². The summed E-state index contributed by atoms with van der Waals surface area (Å²) in [6.45, 7) is 2.40. The van der Waals surface area contributed by atoms with E-state index in [1.54, 1.807) is 0 Å². The lowest BCUT2D eigenvalue weighted by Crippen LogP contribution is -2.38. The fraction of sp³-hybridized carbons (Fsp3) is 0.636. The van der Waals surface area contributed by atoms with Crippen molar-refractivity contribution < 1.29 is 18.7 Å². The van der Waals surface area contributed by atoms with Crippen molar-refractivity contribution in [3.05, 3.63) is 4.88 Å². The second-order valence-electron chi connectivity index (χ2n) is 4.70. The van der Waals surface area contributed by atoms with Gasteiger partial charge in [0.05, 0.1) is 6.54 Å². The SMILES string of the molecule is CC(C)CNc1nc(N)c(C(=O)NCC(F)(F)CO)s1. The minimum absolute atomic E-state index is 0.00827. The Morgan fingerprint density at radius 2 is 2.20 bits per heavy atom. The molecular weight excluding hydrogens is 290 g/mol. The average molecular weight is 308 g/mol. The molecule has 1 aromatic rings. The van der Waals surface area contributed by atoms with Gasteiger partial charge in [0.2, 0.25) is 0 Å². The molecule has 1 rings (SSSR count). The van der Waals surface area contributed by atoms with E-state index in [-0.39, 0.29) is 10.7 Å². The van der Waals surface area contributed by atoms with Gasteiger partial charge in [-0.1, -0.05) is 25.2 Å². The summed E-state index contributed by atoms with van der Waals surface area (Å²) in [5.41, 5.74) is 5.58. The van der Waals surface area contributed by atoms with Crippen LogP contribution in [0, 0.1) is 5.92 Å². The van der Waals surface area contributed by atoms with Crippen molar-refractivity contribution in [2.24, 2.45) is 5.92 Å². The third-order valence-electron chi connectivity index (χ3n) is 2.26. The summed E-state index contributed by atoms with van der Waals surface area (Å²) in [5, 5.41) is 13.9. The molecule has 0 aromatic carbocycles. The second-order valence-corrected chi connectivity index (χ2v) is 5.70. The summed E-state index contributed by atoms with van der Waals surface area (Å²) < 4.78 is 25.6. The zero-order valence-electron chi connectivity index (χ0n) is 11.2. The number of carbonyl (C=O) groups excluding carboxylic acids is 1. The van der Waals surface area contributed by atoms with Crippen LogP contribution in [0.15, 0.2) is 0 Å². The Balaban J connectivity index is 2.64. The van der Waals surface area contributed by atoms with Gasteiger partial charge in [0, 0.05) is 6.54 Å². The molecule has 20 heavy (non-hydrogen) atoms. The standard InChI is InChI=1S/C11H18F2N4O2S/c1-6(2)3-15-10-17-8(14)7(20-10)9(19)16-4-11(12,13)5-18/h6,18H,3-5,14H2,1-2H3,(H,15,17)(H,16,19). The molecule has 0 radical (unpaired) electrons. The van der Waals surface area contributed by atoms with E-state index in [1.165, 1.54) is 0 Å². The third-order valence-corrected chi connectivity index (χ3v) is 3.29. The highest BCUT2D eigenvalue weighted by molar-refractivity contribution is 7.18. The number of nitrogens with one attached hydrogen (secondary N) is 2. The Hall–Kier alpha value is -1.48. The first-order valence-electron chi connectivity index (χ1n) is 6.02. The smallest absolute Gasteiger partial charge is 0.287 e. The number of aliphatic hydroxyl groups is 1. The number of nitrogens with zero attached hydrogens (tertiary/aromatic N) is 1. The zero-order valence-corrected chi connectivity index (χ0v) is 12.1. The van der Waals surface area contributed by atoms with Crippen molar-refractivity contribution in [2.45, 2.75) is 19.8 Å². The quantitative estimate of drug-likeness (QED) is 0.605. The van der Waals surface area contributed by atoms with E-state index in [0.29, 0.717) is 17.6 Å². The van der Waals surface area contributed by atoms with E-state index < -0.39 is 25.0 Å². The molecule has 0 aliphatic heterocycles. The Labute approximate surface area is 119 Å². The number of hydrogen-bond donors (Lipinski definition) is 4. The Morgan fingerprint density at radius 1 is 1.55 bits per heavy atom. The van der Waals surface area contributed by atoms with Crippen LogP contribution in [-0.4, -0.2) is 41.6 Å². The van der Waals surface area contributed by atoms with Crippen molar-refractivity contribution in [3.8, 4) is 0 Å². The van der Waals surface area contributed by atoms with Gasteiger partial charge >= 0.3 is 0 Å². The lowest BCUT2D eigenvalue weighted by atomic mass is 10.2. The molecule has 5 N–H and O–H groups in total. The lowest BCUT2D eigenvalue weighted by molar-refractivity contribution is -0.0461. The molecule has 1 amide bonds. The van der Waals surface area contributed by atoms with Crippen LogP contribution < -0.4 is 16.4 Å². The minimum atomic E-state index is -3.35. The number of aliphatic hydroxyl groups excluding tert-OH is 1. The second kappa shape index (κ2) is 6.80. The van der Waals surface area contributed by atoms with Crippen molar-refractivity contribution in [2.75, 3.05) is 30.7 Å². The van der Waals surface area contributed by atoms with Crippen LogP contribution in [0.4, 0.5) is 19.7 Å². The number of alkyl halides is 2. The number of thiazole rings is 1. The molecule has 0 unspecified atom stereocenters. The first-order valence-corrected chi connectivity index (χ1v) is 6.84. The Bertz CT molecular complexity index is 465. The molecule has 114 valence electrons. The molecule has 0 atom stereocenters. The van der Waals surface area contributed by atoms with Gasteiger partial charge in [-0.25, -0.2) is 13.8 Å². The molecule has 0 saturated carbocycles. The molecule has 0 aliphatic rings. The molecule has 1 heterocycles. The highest BCUT2D eigenvalue weighted by atomic mass is 32.1. The van der Waals surface area contributed by atoms with Crippen LogP contribution in [0.5, 0.6) is 0 Å². The maximum absolute atomic E-state index is 12.8. The molecular formula is C11H18F2N4O2S. The first-order chi connectivity index (χ1) is 9.25. The van der Waals surface area contributed by atoms with Gasteiger partial charge in [0.1, 0.15) is 17.3 Å². The normalized spacial score (nSPS) is 11.7. The van der Waals surface area contributed by atoms with E-state index in [2.05, 4.69) is 10.3 Å². The van der Waals surface area contributed by atoms with E-state index in [1.807, 2.05) is 19.2 Å². The van der Waals surface area contributed by atoms with Crippen LogP contribution in [0.3, 0.4) is 0 Å². The van der Waals surface area contributed by atoms with Crippen molar-refractivity contribution in [1.82, 2.24) is 10.3 Å². The van der Waals surface area contributed by atoms with Gasteiger partial charge in [-0.2, -0.15) is 0 Å². The molecule has 0 saturated heterocycles. The zero-order chi connectivity index (χ0) is 15.3. The molecule has 0 fully saturated rings. The maximum Gasteiger partial charge on any atom is 0.287 e. The molecule has 0 aliphatic carbocycles. The summed E-state index contributed by atoms with van der Waals surface area (Å²) in [4.78, 5) is 15.7. The summed E-state index contributed by atoms with van der Waals surface area (Å²) in [6, 6.07) is 0. The highest BCUT2D eigenvalue weighted by Crippen LogP contribution is 2.25. The van der Waals surface area contributed by atoms with Crippen LogP contribution in [0.1, 0.15) is 23.5 Å². The van der Waals surface area contributed by atoms with Crippen LogP contribution in [0.2, 0.25) is 0 Å². The summed E-state index contributed by atoms with van der Waals surface area (Å²) in [6.07, 6.45) is 0. The number of aromatic nitrogens is 1. The van der Waals surface area contributed by atoms with E-state index in [9.17, 15) is 13.6 Å². The summed E-state index contributed by atoms with van der Waals surface area (Å²) in [5.74, 6) is -3.70. The van der Waals surface area contributed by atoms with Crippen molar-refractivity contribution in [3.63, 3.8) is 0 Å². The third kappa shape index (κ3) is 4.89.